The monoisotopic (exact) mass is 937 g/mol. The number of carbonyl (C=O) groups is 7. The first kappa shape index (κ1) is 51.4. The Hall–Kier alpha value is -6.04. The minimum absolute atomic E-state index is 0.00199. The molecule has 1 aliphatic carbocycles. The summed E-state index contributed by atoms with van der Waals surface area (Å²) in [5.74, 6) is -3.65. The van der Waals surface area contributed by atoms with E-state index in [4.69, 9.17) is 9.57 Å². The van der Waals surface area contributed by atoms with Gasteiger partial charge in [0.15, 0.2) is 0 Å². The van der Waals surface area contributed by atoms with Crippen molar-refractivity contribution in [2.24, 2.45) is 5.92 Å². The summed E-state index contributed by atoms with van der Waals surface area (Å²) in [6.45, 7) is 8.57. The van der Waals surface area contributed by atoms with Gasteiger partial charge in [-0.25, -0.2) is 4.79 Å². The van der Waals surface area contributed by atoms with Gasteiger partial charge in [-0.05, 0) is 81.2 Å². The van der Waals surface area contributed by atoms with E-state index in [9.17, 15) is 38.7 Å². The Labute approximate surface area is 398 Å². The fourth-order valence-electron chi connectivity index (χ4n) is 8.96. The molecule has 5 amide bonds. The van der Waals surface area contributed by atoms with Crippen molar-refractivity contribution < 1.29 is 48.2 Å². The molecule has 1 aromatic heterocycles. The number of unbranched alkanes of at least 4 members (excludes halogenated alkanes) is 2. The molecule has 5 atom stereocenters. The van der Waals surface area contributed by atoms with Gasteiger partial charge >= 0.3 is 11.9 Å². The van der Waals surface area contributed by atoms with Crippen molar-refractivity contribution in [3.05, 3.63) is 101 Å². The molecule has 2 saturated heterocycles. The number of amides is 5. The second kappa shape index (κ2) is 24.8. The highest BCUT2D eigenvalue weighted by Gasteiger charge is 2.39. The number of nitrogens with one attached hydrogen (secondary N) is 3. The quantitative estimate of drug-likeness (QED) is 0.0605. The maximum Gasteiger partial charge on any atom is 0.333 e. The van der Waals surface area contributed by atoms with Crippen LogP contribution in [0.1, 0.15) is 113 Å². The van der Waals surface area contributed by atoms with Crippen LogP contribution in [0.15, 0.2) is 79.1 Å². The first-order valence-corrected chi connectivity index (χ1v) is 23.9. The van der Waals surface area contributed by atoms with Crippen molar-refractivity contribution in [2.75, 3.05) is 32.7 Å². The number of piperazine rings is 1. The SMILES string of the molecule is CC(C)(C)NC(=O)[C@@H]1CN(Cc2cccnc2)CCN1C[C@H](C[C@@H](Cc1ccccc1)C(=O)N[C@H]1c2ccccc2C[C@H]1O)OC(=O)CCCCCNC(=O)CCCC(=O)ON1C(=O)CCC1=O. The van der Waals surface area contributed by atoms with E-state index in [-0.39, 0.29) is 69.2 Å². The van der Waals surface area contributed by atoms with Crippen LogP contribution >= 0.6 is 0 Å². The van der Waals surface area contributed by atoms with Crippen LogP contribution in [0.3, 0.4) is 0 Å². The van der Waals surface area contributed by atoms with Crippen LogP contribution in [0.4, 0.5) is 0 Å². The molecule has 17 heteroatoms. The molecule has 2 aromatic carbocycles. The van der Waals surface area contributed by atoms with Crippen LogP contribution in [0.5, 0.6) is 0 Å². The van der Waals surface area contributed by atoms with E-state index >= 15 is 0 Å². The third kappa shape index (κ3) is 15.8. The molecule has 6 rings (SSSR count). The van der Waals surface area contributed by atoms with E-state index in [1.54, 1.807) is 6.20 Å². The average molecular weight is 938 g/mol. The predicted octanol–water partition coefficient (Wildman–Crippen LogP) is 3.87. The molecule has 0 bridgehead atoms. The Kier molecular flexibility index (Phi) is 18.7. The molecule has 3 aliphatic rings. The zero-order valence-corrected chi connectivity index (χ0v) is 39.5. The third-order valence-corrected chi connectivity index (χ3v) is 12.3. The molecule has 17 nitrogen and oxygen atoms in total. The normalized spacial score (nSPS) is 19.5. The predicted molar refractivity (Wildman–Crippen MR) is 250 cm³/mol. The number of aliphatic hydroxyl groups is 1. The largest absolute Gasteiger partial charge is 0.461 e. The molecule has 0 saturated carbocycles. The van der Waals surface area contributed by atoms with Gasteiger partial charge in [0.1, 0.15) is 12.1 Å². The van der Waals surface area contributed by atoms with Gasteiger partial charge in [-0.2, -0.15) is 0 Å². The van der Waals surface area contributed by atoms with Crippen LogP contribution < -0.4 is 16.0 Å². The summed E-state index contributed by atoms with van der Waals surface area (Å²) in [6, 6.07) is 20.1. The smallest absolute Gasteiger partial charge is 0.333 e. The molecular formula is C51H67N7O10. The summed E-state index contributed by atoms with van der Waals surface area (Å²) < 4.78 is 6.32. The van der Waals surface area contributed by atoms with Crippen molar-refractivity contribution in [1.82, 2.24) is 35.8 Å². The topological polar surface area (TPSA) is 217 Å². The number of rotatable bonds is 23. The third-order valence-electron chi connectivity index (χ3n) is 12.3. The zero-order chi connectivity index (χ0) is 48.6. The summed E-state index contributed by atoms with van der Waals surface area (Å²) in [5.41, 5.74) is 3.32. The van der Waals surface area contributed by atoms with E-state index in [2.05, 4.69) is 30.7 Å². The van der Waals surface area contributed by atoms with Gasteiger partial charge in [0.05, 0.1) is 12.1 Å². The van der Waals surface area contributed by atoms with E-state index in [0.29, 0.717) is 69.9 Å². The summed E-state index contributed by atoms with van der Waals surface area (Å²) in [5, 5.41) is 20.7. The van der Waals surface area contributed by atoms with E-state index in [1.165, 1.54) is 0 Å². The zero-order valence-electron chi connectivity index (χ0n) is 39.5. The van der Waals surface area contributed by atoms with Gasteiger partial charge in [-0.1, -0.05) is 67.1 Å². The Morgan fingerprint density at radius 3 is 2.29 bits per heavy atom. The van der Waals surface area contributed by atoms with Crippen LogP contribution in [0.25, 0.3) is 0 Å². The molecule has 0 radical (unpaired) electrons. The van der Waals surface area contributed by atoms with Crippen LogP contribution in [0.2, 0.25) is 0 Å². The molecule has 0 unspecified atom stereocenters. The Balaban J connectivity index is 1.09. The molecule has 366 valence electrons. The fourth-order valence-corrected chi connectivity index (χ4v) is 8.96. The van der Waals surface area contributed by atoms with Gasteiger partial charge in [0.2, 0.25) is 17.7 Å². The van der Waals surface area contributed by atoms with Gasteiger partial charge in [-0.15, -0.1) is 5.06 Å². The van der Waals surface area contributed by atoms with E-state index < -0.39 is 59.5 Å². The van der Waals surface area contributed by atoms with Crippen molar-refractivity contribution in [3.8, 4) is 0 Å². The summed E-state index contributed by atoms with van der Waals surface area (Å²) >= 11 is 0. The summed E-state index contributed by atoms with van der Waals surface area (Å²) in [4.78, 5) is 104. The molecule has 2 aliphatic heterocycles. The van der Waals surface area contributed by atoms with Gasteiger partial charge in [0.25, 0.3) is 11.8 Å². The maximum absolute atomic E-state index is 14.5. The Morgan fingerprint density at radius 1 is 0.838 bits per heavy atom. The number of aromatic nitrogens is 1. The lowest BCUT2D eigenvalue weighted by Crippen LogP contribution is -2.62. The number of fused-ring (bicyclic) bond motifs is 1. The highest BCUT2D eigenvalue weighted by atomic mass is 16.7. The number of hydrogen-bond acceptors (Lipinski definition) is 13. The van der Waals surface area contributed by atoms with E-state index in [0.717, 1.165) is 22.3 Å². The fraction of sp³-hybridized carbons (Fsp3) is 0.529. The number of pyridine rings is 1. The van der Waals surface area contributed by atoms with Crippen molar-refractivity contribution >= 4 is 41.5 Å². The minimum Gasteiger partial charge on any atom is -0.461 e. The van der Waals surface area contributed by atoms with Crippen molar-refractivity contribution in [2.45, 2.75) is 134 Å². The number of imide groups is 1. The van der Waals surface area contributed by atoms with Crippen molar-refractivity contribution in [1.29, 1.82) is 0 Å². The maximum atomic E-state index is 14.5. The molecule has 3 heterocycles. The number of aliphatic hydroxyl groups excluding tert-OH is 1. The van der Waals surface area contributed by atoms with Crippen molar-refractivity contribution in [3.63, 3.8) is 0 Å². The number of nitrogens with zero attached hydrogens (tertiary/aromatic N) is 4. The van der Waals surface area contributed by atoms with Gasteiger partial charge in [-0.3, -0.25) is 43.6 Å². The highest BCUT2D eigenvalue weighted by Crippen LogP contribution is 2.32. The number of benzene rings is 2. The van der Waals surface area contributed by atoms with E-state index in [1.807, 2.05) is 93.7 Å². The number of carbonyl (C=O) groups excluding carboxylic acids is 7. The second-order valence-corrected chi connectivity index (χ2v) is 19.1. The molecule has 3 aromatic rings. The first-order valence-electron chi connectivity index (χ1n) is 23.9. The minimum atomic E-state index is -0.793. The lowest BCUT2D eigenvalue weighted by Gasteiger charge is -2.42. The number of ether oxygens (including phenoxy) is 1. The lowest BCUT2D eigenvalue weighted by molar-refractivity contribution is -0.197. The van der Waals surface area contributed by atoms with Gasteiger partial charge < -0.3 is 30.6 Å². The lowest BCUT2D eigenvalue weighted by atomic mass is 9.91. The van der Waals surface area contributed by atoms with Gasteiger partial charge in [0, 0.05) is 102 Å². The summed E-state index contributed by atoms with van der Waals surface area (Å²) in [6.07, 6.45) is 4.83. The summed E-state index contributed by atoms with van der Waals surface area (Å²) in [7, 11) is 0. The average Bonchev–Trinajstić information content (AvgIpc) is 3.79. The molecule has 4 N–H and O–H groups in total. The highest BCUT2D eigenvalue weighted by molar-refractivity contribution is 6.01. The second-order valence-electron chi connectivity index (χ2n) is 19.1. The van der Waals surface area contributed by atoms with Crippen LogP contribution in [0, 0.1) is 5.92 Å². The standard InChI is InChI=1S/C51H67N7O10/c1-51(2,3)55-50(66)41-34-56(32-36-16-13-24-52-31-36)26-27-57(41)33-39(29-38(28-35-14-6-4-7-15-35)49(65)54-48-40-18-10-9-17-37(40)30-42(48)59)67-46(63)20-8-5-11-25-53-43(60)19-12-21-47(64)68-58-44(61)22-23-45(58)62/h4,6-7,9-10,13-18,24,31,38-39,41-42,48,59H,5,8,11-12,19-23,25-30,32-34H2,1-3H3,(H,53,60)(H,54,65)(H,55,66)/t38-,39+,41+,42-,48+/m1/s1. The molecule has 2 fully saturated rings. The number of esters is 1. The Bertz CT molecular complexity index is 2190. The molecule has 0 spiro atoms. The first-order chi connectivity index (χ1) is 32.6. The molecular weight excluding hydrogens is 871 g/mol. The van der Waals surface area contributed by atoms with Crippen LogP contribution in [-0.4, -0.2) is 123 Å². The number of hydrogen-bond donors (Lipinski definition) is 4. The number of hydroxylamine groups is 2. The van der Waals surface area contributed by atoms with Crippen LogP contribution in [-0.2, 0) is 62.5 Å². The molecule has 68 heavy (non-hydrogen) atoms. The Morgan fingerprint density at radius 2 is 1.56 bits per heavy atom.